The van der Waals surface area contributed by atoms with Gasteiger partial charge in [-0.25, -0.2) is 13.1 Å². The highest BCUT2D eigenvalue weighted by molar-refractivity contribution is 7.94. The molecule has 2 aliphatic rings. The molecule has 1 aromatic heterocycles. The summed E-state index contributed by atoms with van der Waals surface area (Å²) < 4.78 is 32.0. The molecule has 0 radical (unpaired) electrons. The fourth-order valence-electron chi connectivity index (χ4n) is 3.45. The molecule has 0 bridgehead atoms. The Bertz CT molecular complexity index is 822. The number of piperidine rings is 1. The molecule has 2 aliphatic heterocycles. The Kier molecular flexibility index (Phi) is 5.38. The lowest BCUT2D eigenvalue weighted by atomic mass is 9.96. The minimum absolute atomic E-state index is 0.0325. The molecule has 2 N–H and O–H groups in total. The lowest BCUT2D eigenvalue weighted by molar-refractivity contribution is -0.126. The Balaban J connectivity index is 1.84. The molecule has 3 heterocycles. The van der Waals surface area contributed by atoms with Crippen LogP contribution in [0.4, 0.5) is 0 Å². The van der Waals surface area contributed by atoms with E-state index in [2.05, 4.69) is 15.7 Å². The van der Waals surface area contributed by atoms with Crippen LogP contribution in [-0.2, 0) is 21.7 Å². The molecule has 3 rings (SSSR count). The lowest BCUT2D eigenvalue weighted by Crippen LogP contribution is -2.45. The molecule has 26 heavy (non-hydrogen) atoms. The first kappa shape index (κ1) is 18.9. The number of nitrogens with one attached hydrogen (secondary N) is 2. The van der Waals surface area contributed by atoms with Gasteiger partial charge in [0.1, 0.15) is 6.61 Å². The van der Waals surface area contributed by atoms with Gasteiger partial charge in [-0.2, -0.15) is 5.10 Å². The highest BCUT2D eigenvalue weighted by Gasteiger charge is 2.28. The summed E-state index contributed by atoms with van der Waals surface area (Å²) in [6, 6.07) is -0.401. The number of rotatable bonds is 3. The molecule has 1 atom stereocenters. The topological polar surface area (TPSA) is 102 Å². The Morgan fingerprint density at radius 2 is 2.08 bits per heavy atom. The summed E-state index contributed by atoms with van der Waals surface area (Å²) in [6.45, 7) is 3.67. The van der Waals surface area contributed by atoms with Crippen molar-refractivity contribution in [1.82, 2.24) is 20.4 Å². The normalized spacial score (nSPS) is 23.8. The number of fused-ring (bicyclic) bond motifs is 1. The number of aryl methyl sites for hydroxylation is 2. The summed E-state index contributed by atoms with van der Waals surface area (Å²) in [4.78, 5) is 12.8. The third kappa shape index (κ3) is 4.09. The Morgan fingerprint density at radius 3 is 2.73 bits per heavy atom. The fraction of sp³-hybridized carbons (Fsp3) is 0.647. The van der Waals surface area contributed by atoms with E-state index in [0.29, 0.717) is 17.1 Å². The number of carbonyl (C=O) groups is 1. The molecule has 9 heteroatoms. The highest BCUT2D eigenvalue weighted by Crippen LogP contribution is 2.29. The van der Waals surface area contributed by atoms with Gasteiger partial charge in [0.15, 0.2) is 9.84 Å². The van der Waals surface area contributed by atoms with Crippen molar-refractivity contribution in [2.24, 2.45) is 13.0 Å². The monoisotopic (exact) mass is 382 g/mol. The minimum atomic E-state index is -3.40. The SMILES string of the molecule is Cc1nn(C)c2c1/C=C(/S(C)(=O)=O)CC(NC(=O)C1CCNCC1)CO2. The van der Waals surface area contributed by atoms with Crippen LogP contribution in [0.15, 0.2) is 4.91 Å². The van der Waals surface area contributed by atoms with E-state index in [1.54, 1.807) is 17.8 Å². The first-order chi connectivity index (χ1) is 12.3. The third-order valence-electron chi connectivity index (χ3n) is 4.92. The van der Waals surface area contributed by atoms with Crippen molar-refractivity contribution in [3.05, 3.63) is 16.2 Å². The second kappa shape index (κ2) is 7.40. The summed E-state index contributed by atoms with van der Waals surface area (Å²) in [5, 5.41) is 10.5. The highest BCUT2D eigenvalue weighted by atomic mass is 32.2. The number of hydrogen-bond donors (Lipinski definition) is 2. The van der Waals surface area contributed by atoms with Crippen LogP contribution in [-0.4, -0.2) is 56.1 Å². The number of ether oxygens (including phenoxy) is 1. The molecule has 1 amide bonds. The van der Waals surface area contributed by atoms with Crippen molar-refractivity contribution in [1.29, 1.82) is 0 Å². The minimum Gasteiger partial charge on any atom is -0.475 e. The first-order valence-electron chi connectivity index (χ1n) is 8.84. The molecule has 0 spiro atoms. The van der Waals surface area contributed by atoms with Gasteiger partial charge in [0, 0.05) is 30.5 Å². The lowest BCUT2D eigenvalue weighted by Gasteiger charge is -2.27. The van der Waals surface area contributed by atoms with Gasteiger partial charge in [0.2, 0.25) is 11.8 Å². The molecule has 0 aromatic carbocycles. The van der Waals surface area contributed by atoms with Gasteiger partial charge < -0.3 is 15.4 Å². The van der Waals surface area contributed by atoms with Crippen molar-refractivity contribution in [2.75, 3.05) is 26.0 Å². The molecule has 0 aliphatic carbocycles. The van der Waals surface area contributed by atoms with E-state index in [-0.39, 0.29) is 29.8 Å². The smallest absolute Gasteiger partial charge is 0.223 e. The number of hydrogen-bond acceptors (Lipinski definition) is 6. The predicted molar refractivity (Wildman–Crippen MR) is 98.4 cm³/mol. The molecular formula is C17H26N4O4S. The van der Waals surface area contributed by atoms with Crippen LogP contribution >= 0.6 is 0 Å². The van der Waals surface area contributed by atoms with Crippen LogP contribution in [0.1, 0.15) is 30.5 Å². The van der Waals surface area contributed by atoms with Crippen LogP contribution in [0.25, 0.3) is 6.08 Å². The Labute approximate surface area is 153 Å². The second-order valence-corrected chi connectivity index (χ2v) is 9.12. The van der Waals surface area contributed by atoms with E-state index in [0.717, 1.165) is 25.9 Å². The zero-order valence-electron chi connectivity index (χ0n) is 15.4. The molecule has 8 nitrogen and oxygen atoms in total. The maximum absolute atomic E-state index is 12.6. The van der Waals surface area contributed by atoms with Crippen LogP contribution in [0.3, 0.4) is 0 Å². The van der Waals surface area contributed by atoms with Crippen molar-refractivity contribution >= 4 is 21.8 Å². The summed E-state index contributed by atoms with van der Waals surface area (Å²) in [5.41, 5.74) is 1.39. The molecule has 1 unspecified atom stereocenters. The average Bonchev–Trinajstić information content (AvgIpc) is 2.81. The molecule has 144 valence electrons. The molecule has 1 fully saturated rings. The first-order valence-corrected chi connectivity index (χ1v) is 10.7. The number of carbonyl (C=O) groups excluding carboxylic acids is 1. The Hall–Kier alpha value is -1.87. The van der Waals surface area contributed by atoms with E-state index in [1.165, 1.54) is 6.26 Å². The number of amides is 1. The maximum atomic E-state index is 12.6. The quantitative estimate of drug-likeness (QED) is 0.784. The van der Waals surface area contributed by atoms with Crippen LogP contribution in [0, 0.1) is 12.8 Å². The largest absolute Gasteiger partial charge is 0.475 e. The van der Waals surface area contributed by atoms with Crippen molar-refractivity contribution in [3.8, 4) is 5.88 Å². The zero-order valence-corrected chi connectivity index (χ0v) is 16.2. The van der Waals surface area contributed by atoms with Crippen molar-refractivity contribution < 1.29 is 17.9 Å². The third-order valence-corrected chi connectivity index (χ3v) is 6.16. The van der Waals surface area contributed by atoms with Crippen molar-refractivity contribution in [2.45, 2.75) is 32.2 Å². The average molecular weight is 382 g/mol. The summed E-state index contributed by atoms with van der Waals surface area (Å²) in [6.07, 6.45) is 4.61. The fourth-order valence-corrected chi connectivity index (χ4v) is 4.28. The van der Waals surface area contributed by atoms with Gasteiger partial charge in [0.25, 0.3) is 0 Å². The van der Waals surface area contributed by atoms with E-state index < -0.39 is 15.9 Å². The summed E-state index contributed by atoms with van der Waals surface area (Å²) in [7, 11) is -1.65. The van der Waals surface area contributed by atoms with E-state index >= 15 is 0 Å². The van der Waals surface area contributed by atoms with Gasteiger partial charge in [-0.15, -0.1) is 0 Å². The van der Waals surface area contributed by atoms with E-state index in [1.807, 2.05) is 6.92 Å². The van der Waals surface area contributed by atoms with Crippen LogP contribution in [0.2, 0.25) is 0 Å². The Morgan fingerprint density at radius 1 is 1.38 bits per heavy atom. The molecular weight excluding hydrogens is 356 g/mol. The predicted octanol–water partition coefficient (Wildman–Crippen LogP) is 0.381. The second-order valence-electron chi connectivity index (χ2n) is 7.06. The van der Waals surface area contributed by atoms with E-state index in [4.69, 9.17) is 4.74 Å². The van der Waals surface area contributed by atoms with Crippen molar-refractivity contribution in [3.63, 3.8) is 0 Å². The van der Waals surface area contributed by atoms with Gasteiger partial charge >= 0.3 is 0 Å². The van der Waals surface area contributed by atoms with Gasteiger partial charge in [0.05, 0.1) is 17.3 Å². The number of sulfone groups is 1. The molecule has 0 saturated carbocycles. The van der Waals surface area contributed by atoms with Gasteiger partial charge in [-0.05, 0) is 38.9 Å². The van der Waals surface area contributed by atoms with E-state index in [9.17, 15) is 13.2 Å². The number of aromatic nitrogens is 2. The standard InChI is InChI=1S/C17H26N4O4S/c1-11-15-9-14(26(3,23)24)8-13(10-25-17(15)21(2)20-11)19-16(22)12-4-6-18-7-5-12/h9,12-13,18H,4-8,10H2,1-3H3,(H,19,22)/b14-9+. The van der Waals surface area contributed by atoms with Crippen LogP contribution < -0.4 is 15.4 Å². The van der Waals surface area contributed by atoms with Crippen LogP contribution in [0.5, 0.6) is 5.88 Å². The zero-order chi connectivity index (χ0) is 18.9. The molecule has 1 saturated heterocycles. The summed E-state index contributed by atoms with van der Waals surface area (Å²) >= 11 is 0. The van der Waals surface area contributed by atoms with Gasteiger partial charge in [-0.1, -0.05) is 0 Å². The summed E-state index contributed by atoms with van der Waals surface area (Å²) in [5.74, 6) is 0.446. The maximum Gasteiger partial charge on any atom is 0.223 e. The van der Waals surface area contributed by atoms with Gasteiger partial charge in [-0.3, -0.25) is 4.79 Å². The number of nitrogens with zero attached hydrogens (tertiary/aromatic N) is 2. The molecule has 1 aromatic rings.